The summed E-state index contributed by atoms with van der Waals surface area (Å²) >= 11 is 0. The zero-order valence-electron chi connectivity index (χ0n) is 12.2. The van der Waals surface area contributed by atoms with Gasteiger partial charge in [0.15, 0.2) is 0 Å². The monoisotopic (exact) mass is 240 g/mol. The molecule has 17 heavy (non-hydrogen) atoms. The highest BCUT2D eigenvalue weighted by Gasteiger charge is 1.93. The Morgan fingerprint density at radius 3 is 2.18 bits per heavy atom. The van der Waals surface area contributed by atoms with E-state index in [1.165, 1.54) is 5.70 Å². The van der Waals surface area contributed by atoms with E-state index in [0.29, 0.717) is 0 Å². The summed E-state index contributed by atoms with van der Waals surface area (Å²) in [4.78, 5) is 8.80. The average molecular weight is 240 g/mol. The lowest BCUT2D eigenvalue weighted by molar-refractivity contribution is 0.408. The first-order valence-corrected chi connectivity index (χ1v) is 6.14. The van der Waals surface area contributed by atoms with E-state index in [1.54, 1.807) is 0 Å². The molecule has 0 aromatic carbocycles. The SMILES string of the molecule is C/C(=C/C(C)=N\CCN(C)C)NCCN(C)C. The first-order chi connectivity index (χ1) is 7.91. The molecule has 4 nitrogen and oxygen atoms in total. The van der Waals surface area contributed by atoms with Crippen molar-refractivity contribution in [1.29, 1.82) is 0 Å². The fraction of sp³-hybridized carbons (Fsp3) is 0.769. The number of likely N-dealkylation sites (N-methyl/N-ethyl adjacent to an activating group) is 2. The molecule has 0 rings (SSSR count). The maximum absolute atomic E-state index is 4.50. The molecule has 0 bridgehead atoms. The third-order valence-corrected chi connectivity index (χ3v) is 2.30. The molecule has 100 valence electrons. The molecule has 0 heterocycles. The summed E-state index contributed by atoms with van der Waals surface area (Å²) in [5.41, 5.74) is 2.26. The van der Waals surface area contributed by atoms with Crippen LogP contribution in [-0.2, 0) is 0 Å². The normalized spacial score (nSPS) is 13.6. The highest BCUT2D eigenvalue weighted by atomic mass is 15.1. The Morgan fingerprint density at radius 2 is 1.65 bits per heavy atom. The molecule has 0 atom stereocenters. The van der Waals surface area contributed by atoms with Gasteiger partial charge in [0.05, 0.1) is 6.54 Å². The zero-order chi connectivity index (χ0) is 13.3. The standard InChI is InChI=1S/C13H28N4/c1-12(14-7-9-16(3)4)11-13(2)15-8-10-17(5)6/h11,14H,7-10H2,1-6H3/b12-11-,15-13-. The number of nitrogens with one attached hydrogen (secondary N) is 1. The van der Waals surface area contributed by atoms with Crippen LogP contribution in [0.2, 0.25) is 0 Å². The van der Waals surface area contributed by atoms with E-state index in [9.17, 15) is 0 Å². The molecule has 1 N–H and O–H groups in total. The molecule has 0 saturated heterocycles. The maximum Gasteiger partial charge on any atom is 0.0519 e. The minimum Gasteiger partial charge on any atom is -0.387 e. The Kier molecular flexibility index (Phi) is 8.72. The molecular weight excluding hydrogens is 212 g/mol. The second kappa shape index (κ2) is 9.19. The summed E-state index contributed by atoms with van der Waals surface area (Å²) < 4.78 is 0. The van der Waals surface area contributed by atoms with Gasteiger partial charge in [-0.3, -0.25) is 4.99 Å². The minimum atomic E-state index is 0.861. The lowest BCUT2D eigenvalue weighted by Crippen LogP contribution is -2.25. The van der Waals surface area contributed by atoms with E-state index >= 15 is 0 Å². The van der Waals surface area contributed by atoms with Crippen LogP contribution in [-0.4, -0.2) is 69.9 Å². The van der Waals surface area contributed by atoms with E-state index in [1.807, 2.05) is 6.92 Å². The van der Waals surface area contributed by atoms with Gasteiger partial charge in [-0.05, 0) is 48.1 Å². The highest BCUT2D eigenvalue weighted by molar-refractivity contribution is 5.93. The Hall–Kier alpha value is -0.870. The van der Waals surface area contributed by atoms with Crippen molar-refractivity contribution < 1.29 is 0 Å². The molecule has 0 aromatic heterocycles. The average Bonchev–Trinajstić information content (AvgIpc) is 2.15. The summed E-state index contributed by atoms with van der Waals surface area (Å²) in [5.74, 6) is 0. The van der Waals surface area contributed by atoms with Crippen LogP contribution >= 0.6 is 0 Å². The van der Waals surface area contributed by atoms with Gasteiger partial charge in [0, 0.05) is 31.0 Å². The van der Waals surface area contributed by atoms with Crippen LogP contribution in [0.1, 0.15) is 13.8 Å². The number of hydrogen-bond donors (Lipinski definition) is 1. The number of rotatable bonds is 8. The van der Waals surface area contributed by atoms with Crippen molar-refractivity contribution in [3.8, 4) is 0 Å². The molecule has 0 saturated carbocycles. The Bertz CT molecular complexity index is 254. The molecule has 4 heteroatoms. The predicted molar refractivity (Wildman–Crippen MR) is 76.8 cm³/mol. The van der Waals surface area contributed by atoms with E-state index < -0.39 is 0 Å². The van der Waals surface area contributed by atoms with Gasteiger partial charge in [-0.25, -0.2) is 0 Å². The van der Waals surface area contributed by atoms with Crippen LogP contribution in [0.3, 0.4) is 0 Å². The lowest BCUT2D eigenvalue weighted by Gasteiger charge is -2.11. The Balaban J connectivity index is 3.92. The van der Waals surface area contributed by atoms with Crippen LogP contribution in [0, 0.1) is 0 Å². The predicted octanol–water partition coefficient (Wildman–Crippen LogP) is 1.06. The molecule has 0 aliphatic heterocycles. The molecule has 0 aromatic rings. The number of nitrogens with zero attached hydrogens (tertiary/aromatic N) is 3. The van der Waals surface area contributed by atoms with Crippen molar-refractivity contribution in [2.24, 2.45) is 4.99 Å². The van der Waals surface area contributed by atoms with Gasteiger partial charge >= 0.3 is 0 Å². The van der Waals surface area contributed by atoms with Crippen LogP contribution in [0.15, 0.2) is 16.8 Å². The first kappa shape index (κ1) is 16.1. The molecule has 0 fully saturated rings. The lowest BCUT2D eigenvalue weighted by atomic mass is 10.3. The van der Waals surface area contributed by atoms with Gasteiger partial charge in [0.1, 0.15) is 0 Å². The number of hydrogen-bond acceptors (Lipinski definition) is 4. The summed E-state index contributed by atoms with van der Waals surface area (Å²) in [6.07, 6.45) is 2.10. The van der Waals surface area contributed by atoms with Gasteiger partial charge < -0.3 is 15.1 Å². The van der Waals surface area contributed by atoms with Crippen LogP contribution in [0.5, 0.6) is 0 Å². The second-order valence-corrected chi connectivity index (χ2v) is 4.88. The summed E-state index contributed by atoms with van der Waals surface area (Å²) in [6, 6.07) is 0. The van der Waals surface area contributed by atoms with E-state index in [-0.39, 0.29) is 0 Å². The first-order valence-electron chi connectivity index (χ1n) is 6.14. The molecular formula is C13H28N4. The molecule has 0 aliphatic carbocycles. The quantitative estimate of drug-likeness (QED) is 0.644. The van der Waals surface area contributed by atoms with Gasteiger partial charge in [-0.1, -0.05) is 0 Å². The van der Waals surface area contributed by atoms with Gasteiger partial charge in [-0.15, -0.1) is 0 Å². The molecule has 0 spiro atoms. The third-order valence-electron chi connectivity index (χ3n) is 2.30. The Labute approximate surface area is 106 Å². The zero-order valence-corrected chi connectivity index (χ0v) is 12.2. The van der Waals surface area contributed by atoms with Crippen molar-refractivity contribution >= 4 is 5.71 Å². The van der Waals surface area contributed by atoms with Crippen molar-refractivity contribution in [2.45, 2.75) is 13.8 Å². The largest absolute Gasteiger partial charge is 0.387 e. The molecule has 0 aliphatic rings. The minimum absolute atomic E-state index is 0.861. The topological polar surface area (TPSA) is 30.9 Å². The van der Waals surface area contributed by atoms with Gasteiger partial charge in [0.25, 0.3) is 0 Å². The maximum atomic E-state index is 4.50. The summed E-state index contributed by atoms with van der Waals surface area (Å²) in [5, 5.41) is 3.37. The third kappa shape index (κ3) is 11.4. The molecule has 0 radical (unpaired) electrons. The fourth-order valence-electron chi connectivity index (χ4n) is 1.31. The number of allylic oxidation sites excluding steroid dienone is 2. The Morgan fingerprint density at radius 1 is 1.06 bits per heavy atom. The van der Waals surface area contributed by atoms with E-state index in [2.05, 4.69) is 61.3 Å². The fourth-order valence-corrected chi connectivity index (χ4v) is 1.31. The number of aliphatic imine (C=N–C) groups is 1. The van der Waals surface area contributed by atoms with Crippen LogP contribution in [0.4, 0.5) is 0 Å². The van der Waals surface area contributed by atoms with Crippen molar-refractivity contribution in [3.05, 3.63) is 11.8 Å². The summed E-state index contributed by atoms with van der Waals surface area (Å²) in [7, 11) is 8.28. The van der Waals surface area contributed by atoms with E-state index in [4.69, 9.17) is 0 Å². The smallest absolute Gasteiger partial charge is 0.0519 e. The van der Waals surface area contributed by atoms with Crippen molar-refractivity contribution in [3.63, 3.8) is 0 Å². The molecule has 0 unspecified atom stereocenters. The van der Waals surface area contributed by atoms with E-state index in [0.717, 1.165) is 31.9 Å². The summed E-state index contributed by atoms with van der Waals surface area (Å²) in [6.45, 7) is 8.01. The van der Waals surface area contributed by atoms with Gasteiger partial charge in [0.2, 0.25) is 0 Å². The van der Waals surface area contributed by atoms with Crippen LogP contribution in [0.25, 0.3) is 0 Å². The second-order valence-electron chi connectivity index (χ2n) is 4.88. The molecule has 0 amide bonds. The van der Waals surface area contributed by atoms with Crippen LogP contribution < -0.4 is 5.32 Å². The van der Waals surface area contributed by atoms with Crippen molar-refractivity contribution in [2.75, 3.05) is 54.4 Å². The highest BCUT2D eigenvalue weighted by Crippen LogP contribution is 1.90. The van der Waals surface area contributed by atoms with Crippen molar-refractivity contribution in [1.82, 2.24) is 15.1 Å². The van der Waals surface area contributed by atoms with Gasteiger partial charge in [-0.2, -0.15) is 0 Å².